The molecule has 0 aromatic carbocycles. The Morgan fingerprint density at radius 2 is 2.13 bits per heavy atom. The van der Waals surface area contributed by atoms with Crippen molar-refractivity contribution in [1.82, 2.24) is 15.0 Å². The Bertz CT molecular complexity index is 551. The van der Waals surface area contributed by atoms with Gasteiger partial charge in [0.1, 0.15) is 0 Å². The van der Waals surface area contributed by atoms with Gasteiger partial charge in [0.05, 0.1) is 12.5 Å². The second-order valence-electron chi connectivity index (χ2n) is 7.21. The van der Waals surface area contributed by atoms with E-state index in [1.807, 2.05) is 4.90 Å². The van der Waals surface area contributed by atoms with Crippen LogP contribution in [0.15, 0.2) is 4.52 Å². The number of carbonyl (C=O) groups excluding carboxylic acids is 1. The molecule has 126 valence electrons. The highest BCUT2D eigenvalue weighted by atomic mass is 16.5. The number of likely N-dealkylation sites (tertiary alicyclic amines) is 1. The Balaban J connectivity index is 1.24. The highest BCUT2D eigenvalue weighted by Crippen LogP contribution is 2.32. The zero-order valence-electron chi connectivity index (χ0n) is 13.6. The third-order valence-electron chi connectivity index (χ3n) is 5.31. The first-order valence-electron chi connectivity index (χ1n) is 8.98. The SMILES string of the molecule is O=C(C1CCC1)N1CCC(c2nc(CCOCC3CC3)no2)C1. The average Bonchev–Trinajstić information content (AvgIpc) is 3.00. The van der Waals surface area contributed by atoms with Gasteiger partial charge in [-0.1, -0.05) is 11.6 Å². The molecule has 1 saturated heterocycles. The maximum absolute atomic E-state index is 12.3. The molecule has 1 unspecified atom stereocenters. The fourth-order valence-electron chi connectivity index (χ4n) is 3.31. The van der Waals surface area contributed by atoms with Gasteiger partial charge in [0.15, 0.2) is 5.82 Å². The highest BCUT2D eigenvalue weighted by molar-refractivity contribution is 5.79. The molecular formula is C17H25N3O3. The Hall–Kier alpha value is -1.43. The zero-order valence-corrected chi connectivity index (χ0v) is 13.6. The van der Waals surface area contributed by atoms with E-state index in [-0.39, 0.29) is 11.8 Å². The third kappa shape index (κ3) is 3.57. The van der Waals surface area contributed by atoms with Crippen molar-refractivity contribution in [3.05, 3.63) is 11.7 Å². The van der Waals surface area contributed by atoms with Crippen molar-refractivity contribution in [2.75, 3.05) is 26.3 Å². The van der Waals surface area contributed by atoms with Crippen molar-refractivity contribution in [2.45, 2.75) is 50.9 Å². The van der Waals surface area contributed by atoms with Crippen molar-refractivity contribution in [1.29, 1.82) is 0 Å². The number of aromatic nitrogens is 2. The molecule has 23 heavy (non-hydrogen) atoms. The molecule has 2 aliphatic carbocycles. The summed E-state index contributed by atoms with van der Waals surface area (Å²) in [6.07, 6.45) is 7.57. The van der Waals surface area contributed by atoms with Crippen LogP contribution in [-0.4, -0.2) is 47.3 Å². The Morgan fingerprint density at radius 3 is 2.87 bits per heavy atom. The number of nitrogens with zero attached hydrogens (tertiary/aromatic N) is 3. The largest absolute Gasteiger partial charge is 0.381 e. The number of rotatable bonds is 7. The van der Waals surface area contributed by atoms with Crippen LogP contribution in [0.4, 0.5) is 0 Å². The molecule has 1 aromatic heterocycles. The van der Waals surface area contributed by atoms with Crippen LogP contribution < -0.4 is 0 Å². The lowest BCUT2D eigenvalue weighted by Crippen LogP contribution is -2.37. The maximum Gasteiger partial charge on any atom is 0.231 e. The van der Waals surface area contributed by atoms with Gasteiger partial charge < -0.3 is 14.2 Å². The molecule has 6 heteroatoms. The summed E-state index contributed by atoms with van der Waals surface area (Å²) < 4.78 is 11.0. The molecule has 1 amide bonds. The molecule has 1 aliphatic heterocycles. The number of hydrogen-bond acceptors (Lipinski definition) is 5. The summed E-state index contributed by atoms with van der Waals surface area (Å²) >= 11 is 0. The van der Waals surface area contributed by atoms with Crippen LogP contribution >= 0.6 is 0 Å². The van der Waals surface area contributed by atoms with Crippen LogP contribution in [0.5, 0.6) is 0 Å². The average molecular weight is 319 g/mol. The van der Waals surface area contributed by atoms with Crippen molar-refractivity contribution in [3.8, 4) is 0 Å². The van der Waals surface area contributed by atoms with Crippen LogP contribution in [0.2, 0.25) is 0 Å². The summed E-state index contributed by atoms with van der Waals surface area (Å²) in [5.74, 6) is 2.99. The Morgan fingerprint density at radius 1 is 1.26 bits per heavy atom. The lowest BCUT2D eigenvalue weighted by Gasteiger charge is -2.28. The molecule has 0 radical (unpaired) electrons. The van der Waals surface area contributed by atoms with Crippen LogP contribution in [0.25, 0.3) is 0 Å². The molecule has 3 fully saturated rings. The van der Waals surface area contributed by atoms with E-state index in [1.165, 1.54) is 19.3 Å². The molecule has 0 N–H and O–H groups in total. The topological polar surface area (TPSA) is 68.5 Å². The smallest absolute Gasteiger partial charge is 0.231 e. The van der Waals surface area contributed by atoms with Gasteiger partial charge in [-0.3, -0.25) is 4.79 Å². The summed E-state index contributed by atoms with van der Waals surface area (Å²) in [4.78, 5) is 18.8. The molecule has 4 rings (SSSR count). The summed E-state index contributed by atoms with van der Waals surface area (Å²) in [5, 5.41) is 4.06. The standard InChI is InChI=1S/C17H25N3O3/c21-17(13-2-1-3-13)20-8-6-14(10-20)16-18-15(19-23-16)7-9-22-11-12-4-5-12/h12-14H,1-11H2. The predicted octanol–water partition coefficient (Wildman–Crippen LogP) is 2.15. The van der Waals surface area contributed by atoms with Crippen molar-refractivity contribution >= 4 is 5.91 Å². The van der Waals surface area contributed by atoms with E-state index in [0.29, 0.717) is 24.8 Å². The van der Waals surface area contributed by atoms with E-state index in [1.54, 1.807) is 0 Å². The number of hydrogen-bond donors (Lipinski definition) is 0. The van der Waals surface area contributed by atoms with Crippen LogP contribution in [0.3, 0.4) is 0 Å². The molecule has 0 bridgehead atoms. The zero-order chi connectivity index (χ0) is 15.6. The van der Waals surface area contributed by atoms with Crippen molar-refractivity contribution < 1.29 is 14.1 Å². The summed E-state index contributed by atoms with van der Waals surface area (Å²) in [6.45, 7) is 3.08. The molecule has 6 nitrogen and oxygen atoms in total. The molecule has 2 heterocycles. The quantitative estimate of drug-likeness (QED) is 0.720. The van der Waals surface area contributed by atoms with E-state index in [4.69, 9.17) is 9.26 Å². The van der Waals surface area contributed by atoms with Gasteiger partial charge in [-0.05, 0) is 38.0 Å². The molecular weight excluding hydrogens is 294 g/mol. The lowest BCUT2D eigenvalue weighted by atomic mass is 9.84. The monoisotopic (exact) mass is 319 g/mol. The van der Waals surface area contributed by atoms with Gasteiger partial charge in [-0.15, -0.1) is 0 Å². The third-order valence-corrected chi connectivity index (χ3v) is 5.31. The molecule has 0 spiro atoms. The number of amides is 1. The van der Waals surface area contributed by atoms with Gasteiger partial charge in [-0.2, -0.15) is 4.98 Å². The molecule has 1 aromatic rings. The fourth-order valence-corrected chi connectivity index (χ4v) is 3.31. The van der Waals surface area contributed by atoms with E-state index < -0.39 is 0 Å². The van der Waals surface area contributed by atoms with Crippen molar-refractivity contribution in [3.63, 3.8) is 0 Å². The minimum atomic E-state index is 0.202. The van der Waals surface area contributed by atoms with Gasteiger partial charge in [0.25, 0.3) is 0 Å². The van der Waals surface area contributed by atoms with Gasteiger partial charge >= 0.3 is 0 Å². The van der Waals surface area contributed by atoms with Crippen LogP contribution in [0, 0.1) is 11.8 Å². The van der Waals surface area contributed by atoms with E-state index in [2.05, 4.69) is 10.1 Å². The second-order valence-corrected chi connectivity index (χ2v) is 7.21. The molecule has 3 aliphatic rings. The second kappa shape index (κ2) is 6.59. The first-order chi connectivity index (χ1) is 11.3. The van der Waals surface area contributed by atoms with E-state index in [9.17, 15) is 4.79 Å². The predicted molar refractivity (Wildman–Crippen MR) is 82.8 cm³/mol. The van der Waals surface area contributed by atoms with Crippen LogP contribution in [-0.2, 0) is 16.0 Å². The van der Waals surface area contributed by atoms with Crippen molar-refractivity contribution in [2.24, 2.45) is 11.8 Å². The summed E-state index contributed by atoms with van der Waals surface area (Å²) in [5.41, 5.74) is 0. The minimum Gasteiger partial charge on any atom is -0.381 e. The minimum absolute atomic E-state index is 0.202. The highest BCUT2D eigenvalue weighted by Gasteiger charge is 2.35. The molecule has 2 saturated carbocycles. The van der Waals surface area contributed by atoms with Gasteiger partial charge in [-0.25, -0.2) is 0 Å². The lowest BCUT2D eigenvalue weighted by molar-refractivity contribution is -0.137. The van der Waals surface area contributed by atoms with Gasteiger partial charge in [0.2, 0.25) is 11.8 Å². The Labute approximate surface area is 136 Å². The Kier molecular flexibility index (Phi) is 4.33. The van der Waals surface area contributed by atoms with Crippen LogP contribution in [0.1, 0.15) is 56.2 Å². The summed E-state index contributed by atoms with van der Waals surface area (Å²) in [6, 6.07) is 0. The normalized spacial score (nSPS) is 24.9. The van der Waals surface area contributed by atoms with E-state index in [0.717, 1.165) is 50.7 Å². The first kappa shape index (κ1) is 15.1. The fraction of sp³-hybridized carbons (Fsp3) is 0.824. The van der Waals surface area contributed by atoms with E-state index >= 15 is 0 Å². The first-order valence-corrected chi connectivity index (χ1v) is 8.98. The van der Waals surface area contributed by atoms with Gasteiger partial charge in [0, 0.05) is 32.0 Å². The number of ether oxygens (including phenoxy) is 1. The summed E-state index contributed by atoms with van der Waals surface area (Å²) in [7, 11) is 0. The maximum atomic E-state index is 12.3. The molecule has 1 atom stereocenters. The number of carbonyl (C=O) groups is 1.